The Morgan fingerprint density at radius 2 is 1.81 bits per heavy atom. The van der Waals surface area contributed by atoms with Gasteiger partial charge in [0.15, 0.2) is 0 Å². The Balaban J connectivity index is 1.52. The summed E-state index contributed by atoms with van der Waals surface area (Å²) in [6, 6.07) is 13.4. The maximum absolute atomic E-state index is 13.6. The van der Waals surface area contributed by atoms with Crippen molar-refractivity contribution in [1.29, 1.82) is 0 Å². The lowest BCUT2D eigenvalue weighted by molar-refractivity contribution is -0.116. The van der Waals surface area contributed by atoms with Crippen LogP contribution in [-0.2, 0) is 21.2 Å². The molecule has 2 aromatic rings. The molecule has 0 spiro atoms. The molecule has 0 saturated carbocycles. The van der Waals surface area contributed by atoms with Crippen LogP contribution in [0.4, 0.5) is 15.8 Å². The van der Waals surface area contributed by atoms with Gasteiger partial charge in [-0.15, -0.1) is 0 Å². The van der Waals surface area contributed by atoms with E-state index in [-0.39, 0.29) is 23.9 Å². The van der Waals surface area contributed by atoms with E-state index in [1.807, 2.05) is 0 Å². The van der Waals surface area contributed by atoms with E-state index in [1.54, 1.807) is 42.5 Å². The molecule has 1 N–H and O–H groups in total. The zero-order chi connectivity index (χ0) is 19.3. The summed E-state index contributed by atoms with van der Waals surface area (Å²) >= 11 is 0. The smallest absolute Gasteiger partial charge is 0.235 e. The first-order valence-electron chi connectivity index (χ1n) is 9.09. The number of rotatable bonds is 6. The number of halogens is 1. The predicted octanol–water partition coefficient (Wildman–Crippen LogP) is 3.72. The number of amides is 1. The van der Waals surface area contributed by atoms with Crippen molar-refractivity contribution in [1.82, 2.24) is 0 Å². The van der Waals surface area contributed by atoms with Gasteiger partial charge in [-0.05, 0) is 61.6 Å². The minimum Gasteiger partial charge on any atom is -0.326 e. The lowest BCUT2D eigenvalue weighted by Gasteiger charge is -2.28. The Morgan fingerprint density at radius 1 is 1.07 bits per heavy atom. The minimum absolute atomic E-state index is 0.148. The van der Waals surface area contributed by atoms with Gasteiger partial charge in [0, 0.05) is 18.7 Å². The van der Waals surface area contributed by atoms with Gasteiger partial charge in [0.05, 0.1) is 11.4 Å². The minimum atomic E-state index is -3.24. The standard InChI is InChI=1S/C20H23FN2O3S/c21-19-8-2-1-6-16(19)7-5-9-20(24)22-17-10-12-18(13-11-17)23-14-3-4-15-27(23,25)26/h1-2,6,8,10-13H,3-5,7,9,14-15H2,(H,22,24). The summed E-state index contributed by atoms with van der Waals surface area (Å²) in [6.07, 6.45) is 2.89. The molecule has 0 aliphatic carbocycles. The molecular weight excluding hydrogens is 367 g/mol. The van der Waals surface area contributed by atoms with Crippen molar-refractivity contribution >= 4 is 27.3 Å². The molecule has 0 atom stereocenters. The van der Waals surface area contributed by atoms with Gasteiger partial charge in [0.1, 0.15) is 5.82 Å². The summed E-state index contributed by atoms with van der Waals surface area (Å²) in [5.74, 6) is -0.223. The van der Waals surface area contributed by atoms with Crippen LogP contribution in [0.25, 0.3) is 0 Å². The molecule has 3 rings (SSSR count). The Morgan fingerprint density at radius 3 is 2.52 bits per heavy atom. The third-order valence-corrected chi connectivity index (χ3v) is 6.47. The van der Waals surface area contributed by atoms with Crippen LogP contribution in [0.1, 0.15) is 31.2 Å². The number of nitrogens with one attached hydrogen (secondary N) is 1. The van der Waals surface area contributed by atoms with Crippen LogP contribution < -0.4 is 9.62 Å². The second-order valence-electron chi connectivity index (χ2n) is 6.64. The highest BCUT2D eigenvalue weighted by molar-refractivity contribution is 7.92. The quantitative estimate of drug-likeness (QED) is 0.818. The Kier molecular flexibility index (Phi) is 6.11. The van der Waals surface area contributed by atoms with Gasteiger partial charge >= 0.3 is 0 Å². The molecule has 1 fully saturated rings. The fraction of sp³-hybridized carbons (Fsp3) is 0.350. The SMILES string of the molecule is O=C(CCCc1ccccc1F)Nc1ccc(N2CCCCS2(=O)=O)cc1. The zero-order valence-corrected chi connectivity index (χ0v) is 15.8. The zero-order valence-electron chi connectivity index (χ0n) is 15.0. The van der Waals surface area contributed by atoms with Crippen molar-refractivity contribution in [3.8, 4) is 0 Å². The molecule has 5 nitrogen and oxygen atoms in total. The van der Waals surface area contributed by atoms with Crippen LogP contribution in [0, 0.1) is 5.82 Å². The summed E-state index contributed by atoms with van der Waals surface area (Å²) in [5, 5.41) is 2.79. The van der Waals surface area contributed by atoms with E-state index in [4.69, 9.17) is 0 Å². The molecule has 0 bridgehead atoms. The summed E-state index contributed by atoms with van der Waals surface area (Å²) < 4.78 is 39.3. The van der Waals surface area contributed by atoms with Crippen molar-refractivity contribution in [3.05, 3.63) is 59.9 Å². The van der Waals surface area contributed by atoms with Crippen LogP contribution >= 0.6 is 0 Å². The molecule has 1 aliphatic rings. The Labute approximate surface area is 159 Å². The summed E-state index contributed by atoms with van der Waals surface area (Å²) in [4.78, 5) is 12.1. The van der Waals surface area contributed by atoms with E-state index in [2.05, 4.69) is 5.32 Å². The Bertz CT molecular complexity index is 898. The second kappa shape index (κ2) is 8.52. The van der Waals surface area contributed by atoms with E-state index in [0.29, 0.717) is 42.7 Å². The molecule has 0 unspecified atom stereocenters. The molecule has 1 heterocycles. The largest absolute Gasteiger partial charge is 0.326 e. The molecule has 2 aromatic carbocycles. The predicted molar refractivity (Wildman–Crippen MR) is 105 cm³/mol. The maximum atomic E-state index is 13.6. The number of carbonyl (C=O) groups excluding carboxylic acids is 1. The maximum Gasteiger partial charge on any atom is 0.235 e. The molecule has 27 heavy (non-hydrogen) atoms. The van der Waals surface area contributed by atoms with Crippen LogP contribution in [0.2, 0.25) is 0 Å². The average Bonchev–Trinajstić information content (AvgIpc) is 2.64. The second-order valence-corrected chi connectivity index (χ2v) is 8.65. The number of sulfonamides is 1. The van der Waals surface area contributed by atoms with Crippen molar-refractivity contribution in [3.63, 3.8) is 0 Å². The van der Waals surface area contributed by atoms with Crippen molar-refractivity contribution in [2.45, 2.75) is 32.1 Å². The lowest BCUT2D eigenvalue weighted by atomic mass is 10.1. The van der Waals surface area contributed by atoms with E-state index in [0.717, 1.165) is 6.42 Å². The molecular formula is C20H23FN2O3S. The van der Waals surface area contributed by atoms with Gasteiger partial charge in [-0.3, -0.25) is 9.10 Å². The number of benzene rings is 2. The van der Waals surface area contributed by atoms with Gasteiger partial charge in [-0.1, -0.05) is 18.2 Å². The van der Waals surface area contributed by atoms with Crippen molar-refractivity contribution in [2.24, 2.45) is 0 Å². The molecule has 0 radical (unpaired) electrons. The fourth-order valence-corrected chi connectivity index (χ4v) is 4.79. The summed E-state index contributed by atoms with van der Waals surface area (Å²) in [7, 11) is -3.24. The van der Waals surface area contributed by atoms with Crippen LogP contribution in [0.5, 0.6) is 0 Å². The van der Waals surface area contributed by atoms with Crippen LogP contribution in [-0.4, -0.2) is 26.6 Å². The number of carbonyl (C=O) groups is 1. The van der Waals surface area contributed by atoms with Crippen LogP contribution in [0.15, 0.2) is 48.5 Å². The van der Waals surface area contributed by atoms with Crippen molar-refractivity contribution < 1.29 is 17.6 Å². The first-order valence-corrected chi connectivity index (χ1v) is 10.7. The van der Waals surface area contributed by atoms with E-state index in [9.17, 15) is 17.6 Å². The number of hydrogen-bond acceptors (Lipinski definition) is 3. The molecule has 144 valence electrons. The van der Waals surface area contributed by atoms with Gasteiger partial charge in [0.2, 0.25) is 15.9 Å². The van der Waals surface area contributed by atoms with Gasteiger partial charge in [-0.25, -0.2) is 12.8 Å². The summed E-state index contributed by atoms with van der Waals surface area (Å²) in [6.45, 7) is 0.490. The van der Waals surface area contributed by atoms with Crippen LogP contribution in [0.3, 0.4) is 0 Å². The third-order valence-electron chi connectivity index (χ3n) is 4.60. The highest BCUT2D eigenvalue weighted by atomic mass is 32.2. The molecule has 7 heteroatoms. The Hall–Kier alpha value is -2.41. The topological polar surface area (TPSA) is 66.5 Å². The molecule has 1 amide bonds. The molecule has 1 aliphatic heterocycles. The first-order chi connectivity index (χ1) is 13.0. The average molecular weight is 390 g/mol. The van der Waals surface area contributed by atoms with Crippen molar-refractivity contribution in [2.75, 3.05) is 21.9 Å². The number of hydrogen-bond donors (Lipinski definition) is 1. The molecule has 0 aromatic heterocycles. The molecule has 1 saturated heterocycles. The normalized spacial score (nSPS) is 16.1. The van der Waals surface area contributed by atoms with E-state index < -0.39 is 10.0 Å². The third kappa shape index (κ3) is 5.07. The van der Waals surface area contributed by atoms with E-state index in [1.165, 1.54) is 10.4 Å². The first kappa shape index (κ1) is 19.4. The van der Waals surface area contributed by atoms with Gasteiger partial charge < -0.3 is 5.32 Å². The number of aryl methyl sites for hydroxylation is 1. The fourth-order valence-electron chi connectivity index (χ4n) is 3.15. The monoisotopic (exact) mass is 390 g/mol. The number of nitrogens with zero attached hydrogens (tertiary/aromatic N) is 1. The van der Waals surface area contributed by atoms with E-state index >= 15 is 0 Å². The lowest BCUT2D eigenvalue weighted by Crippen LogP contribution is -2.37. The summed E-state index contributed by atoms with van der Waals surface area (Å²) in [5.41, 5.74) is 1.84. The van der Waals surface area contributed by atoms with Gasteiger partial charge in [0.25, 0.3) is 0 Å². The van der Waals surface area contributed by atoms with Gasteiger partial charge in [-0.2, -0.15) is 0 Å². The highest BCUT2D eigenvalue weighted by Crippen LogP contribution is 2.25. The highest BCUT2D eigenvalue weighted by Gasteiger charge is 2.25. The number of anilines is 2.